The van der Waals surface area contributed by atoms with Crippen molar-refractivity contribution < 1.29 is 53.4 Å². The Balaban J connectivity index is 1.33. The largest absolute Gasteiger partial charge is 0.490 e. The maximum absolute atomic E-state index is 15.3. The van der Waals surface area contributed by atoms with Gasteiger partial charge in [-0.3, -0.25) is 25.0 Å². The van der Waals surface area contributed by atoms with Crippen LogP contribution in [0.2, 0.25) is 0 Å². The molecule has 2 heterocycles. The fourth-order valence-corrected chi connectivity index (χ4v) is 10.3. The van der Waals surface area contributed by atoms with Crippen LogP contribution in [0.15, 0.2) is 133 Å². The van der Waals surface area contributed by atoms with Crippen LogP contribution in [0.1, 0.15) is 73.1 Å². The monoisotopic (exact) mass is 970 g/mol. The van der Waals surface area contributed by atoms with E-state index in [2.05, 4.69) is 19.2 Å². The first-order chi connectivity index (χ1) is 34.6. The molecule has 4 aliphatic rings. The van der Waals surface area contributed by atoms with Crippen LogP contribution in [0.5, 0.6) is 23.0 Å². The van der Waals surface area contributed by atoms with Crippen LogP contribution >= 0.6 is 0 Å². The zero-order valence-electron chi connectivity index (χ0n) is 39.3. The molecule has 4 aromatic carbocycles. The molecular formula is C54H58N4O13. The molecule has 2 aliphatic heterocycles. The lowest BCUT2D eigenvalue weighted by molar-refractivity contribution is -0.385. The van der Waals surface area contributed by atoms with Gasteiger partial charge < -0.3 is 43.6 Å². The number of oxime groups is 1. The third-order valence-corrected chi connectivity index (χ3v) is 13.5. The Bertz CT molecular complexity index is 2670. The Kier molecular flexibility index (Phi) is 16.3. The zero-order valence-corrected chi connectivity index (χ0v) is 39.3. The number of amides is 1. The van der Waals surface area contributed by atoms with Crippen LogP contribution in [0.4, 0.5) is 11.4 Å². The number of fused-ring (bicyclic) bond motifs is 3. The number of nitro groups is 2. The molecule has 6 atom stereocenters. The summed E-state index contributed by atoms with van der Waals surface area (Å²) >= 11 is 0. The van der Waals surface area contributed by atoms with Crippen LogP contribution in [0, 0.1) is 38.0 Å². The first kappa shape index (κ1) is 50.1. The van der Waals surface area contributed by atoms with Crippen LogP contribution in [-0.2, 0) is 27.5 Å². The normalized spacial score (nSPS) is 22.1. The van der Waals surface area contributed by atoms with Crippen molar-refractivity contribution in [3.05, 3.63) is 170 Å². The lowest BCUT2D eigenvalue weighted by Gasteiger charge is -2.60. The van der Waals surface area contributed by atoms with Crippen molar-refractivity contribution in [3.8, 4) is 23.0 Å². The second-order valence-corrected chi connectivity index (χ2v) is 17.9. The number of allylic oxidation sites excluding steroid dienone is 1. The van der Waals surface area contributed by atoms with E-state index in [-0.39, 0.29) is 81.9 Å². The maximum atomic E-state index is 15.3. The maximum Gasteiger partial charge on any atom is 0.269 e. The predicted molar refractivity (Wildman–Crippen MR) is 264 cm³/mol. The van der Waals surface area contributed by atoms with E-state index in [1.54, 1.807) is 53.5 Å². The van der Waals surface area contributed by atoms with Crippen LogP contribution in [0.25, 0.3) is 6.08 Å². The van der Waals surface area contributed by atoms with Gasteiger partial charge in [0.15, 0.2) is 11.5 Å². The number of hydrogen-bond donors (Lipinski definition) is 2. The van der Waals surface area contributed by atoms with E-state index in [9.17, 15) is 30.4 Å². The third-order valence-electron chi connectivity index (χ3n) is 13.5. The van der Waals surface area contributed by atoms with Gasteiger partial charge in [0, 0.05) is 68.0 Å². The van der Waals surface area contributed by atoms with Gasteiger partial charge in [0.05, 0.1) is 28.1 Å². The molecule has 0 spiro atoms. The lowest BCUT2D eigenvalue weighted by atomic mass is 9.55. The molecule has 0 saturated heterocycles. The van der Waals surface area contributed by atoms with E-state index in [0.717, 1.165) is 36.8 Å². The minimum absolute atomic E-state index is 0.0174. The lowest BCUT2D eigenvalue weighted by Crippen LogP contribution is -2.70. The molecule has 372 valence electrons. The molecule has 2 N–H and O–H groups in total. The van der Waals surface area contributed by atoms with Crippen LogP contribution < -0.4 is 18.9 Å². The molecule has 2 aliphatic carbocycles. The highest BCUT2D eigenvalue weighted by atomic mass is 16.7. The zero-order chi connectivity index (χ0) is 49.9. The molecule has 0 radical (unpaired) electrons. The molecule has 4 aromatic rings. The number of ether oxygens (including phenoxy) is 5. The second kappa shape index (κ2) is 23.1. The highest BCUT2D eigenvalue weighted by molar-refractivity contribution is 6.03. The molecular weight excluding hydrogens is 913 g/mol. The number of aliphatic hydroxyl groups excluding tert-OH is 2. The number of carbonyl (C=O) groups is 1. The molecule has 1 fully saturated rings. The first-order valence-electron chi connectivity index (χ1n) is 23.9. The van der Waals surface area contributed by atoms with Gasteiger partial charge in [-0.2, -0.15) is 0 Å². The van der Waals surface area contributed by atoms with Gasteiger partial charge in [-0.15, -0.1) is 6.58 Å². The molecule has 17 nitrogen and oxygen atoms in total. The van der Waals surface area contributed by atoms with Crippen molar-refractivity contribution in [2.24, 2.45) is 22.9 Å². The quantitative estimate of drug-likeness (QED) is 0.0220. The highest BCUT2D eigenvalue weighted by Crippen LogP contribution is 2.62. The van der Waals surface area contributed by atoms with Gasteiger partial charge in [-0.25, -0.2) is 0 Å². The number of unbranched alkanes of at least 4 members (excludes halogenated alkanes) is 2. The molecule has 17 heteroatoms. The van der Waals surface area contributed by atoms with Crippen molar-refractivity contribution in [2.75, 3.05) is 33.2 Å². The summed E-state index contributed by atoms with van der Waals surface area (Å²) in [5, 5.41) is 47.8. The molecule has 0 bridgehead atoms. The minimum atomic E-state index is -1.60. The Morgan fingerprint density at radius 2 is 1.51 bits per heavy atom. The number of hydrogen-bond acceptors (Lipinski definition) is 14. The van der Waals surface area contributed by atoms with Gasteiger partial charge >= 0.3 is 0 Å². The van der Waals surface area contributed by atoms with Crippen LogP contribution in [0.3, 0.4) is 0 Å². The van der Waals surface area contributed by atoms with E-state index < -0.39 is 33.5 Å². The standard InChI is InChI=1S/C54H58N4O13/c1-3-27-66-42-21-23-47-45(31-42)52-43(10-6-8-26-60)39(9-5-7-25-59)30-44-46(55-70-34-37-13-19-41(20-14-37)58(64)65)32-50(54(71-47,53(44)52)69-28-4-2)56(33-38-15-22-48-49(29-38)68-35-67-48)51(61)24-16-36-11-17-40(18-12-36)57(62)63/h3-4,11-24,29-31,39,43,50,52-53,59-60H,1-2,5-10,25-28,32-35H2. The summed E-state index contributed by atoms with van der Waals surface area (Å²) in [7, 11) is 0. The summed E-state index contributed by atoms with van der Waals surface area (Å²) in [5.74, 6) is -0.857. The Labute approximate surface area is 411 Å². The van der Waals surface area contributed by atoms with E-state index in [1.807, 2.05) is 30.3 Å². The smallest absolute Gasteiger partial charge is 0.269 e. The SMILES string of the molecule is C=CCOc1ccc2c(c1)C1C(CCCCO)C(CCCCO)C=C3C(=NOCc4ccc([N+](=O)[O-])cc4)CC(N(Cc4ccc5c(c4)OCO5)C(=O)C=Cc4ccc([N+](=O)[O-])cc4)C(OCC=C)(O2)C31. The molecule has 71 heavy (non-hydrogen) atoms. The van der Waals surface area contributed by atoms with Crippen molar-refractivity contribution in [2.45, 2.75) is 75.8 Å². The average Bonchev–Trinajstić information content (AvgIpc) is 3.86. The second-order valence-electron chi connectivity index (χ2n) is 17.9. The molecule has 1 amide bonds. The van der Waals surface area contributed by atoms with Crippen molar-refractivity contribution in [3.63, 3.8) is 0 Å². The van der Waals surface area contributed by atoms with Crippen molar-refractivity contribution >= 4 is 29.1 Å². The number of non-ortho nitro benzene ring substituents is 2. The average molecular weight is 971 g/mol. The minimum Gasteiger partial charge on any atom is -0.490 e. The Morgan fingerprint density at radius 3 is 2.21 bits per heavy atom. The highest BCUT2D eigenvalue weighted by Gasteiger charge is 2.65. The first-order valence-corrected chi connectivity index (χ1v) is 23.9. The molecule has 0 aromatic heterocycles. The van der Waals surface area contributed by atoms with Crippen LogP contribution in [-0.4, -0.2) is 81.6 Å². The van der Waals surface area contributed by atoms with Gasteiger partial charge in [0.25, 0.3) is 11.4 Å². The number of nitrogens with zero attached hydrogens (tertiary/aromatic N) is 4. The number of nitro benzene ring substituents is 2. The van der Waals surface area contributed by atoms with Gasteiger partial charge in [-0.05, 0) is 120 Å². The predicted octanol–water partition coefficient (Wildman–Crippen LogP) is 9.37. The summed E-state index contributed by atoms with van der Waals surface area (Å²) in [5.41, 5.74) is 4.00. The van der Waals surface area contributed by atoms with E-state index >= 15 is 4.79 Å². The summed E-state index contributed by atoms with van der Waals surface area (Å²) in [4.78, 5) is 45.2. The summed E-state index contributed by atoms with van der Waals surface area (Å²) in [6, 6.07) is 22.2. The fraction of sp³-hybridized carbons (Fsp3) is 0.370. The van der Waals surface area contributed by atoms with Crippen molar-refractivity contribution in [1.82, 2.24) is 4.90 Å². The number of aliphatic hydroxyl groups is 2. The van der Waals surface area contributed by atoms with E-state index in [4.69, 9.17) is 33.7 Å². The van der Waals surface area contributed by atoms with E-state index in [0.29, 0.717) is 58.2 Å². The van der Waals surface area contributed by atoms with Crippen molar-refractivity contribution in [1.29, 1.82) is 0 Å². The number of rotatable bonds is 24. The summed E-state index contributed by atoms with van der Waals surface area (Å²) < 4.78 is 32.1. The Morgan fingerprint density at radius 1 is 0.831 bits per heavy atom. The fourth-order valence-electron chi connectivity index (χ4n) is 10.3. The van der Waals surface area contributed by atoms with Gasteiger partial charge in [-0.1, -0.05) is 48.9 Å². The topological polar surface area (TPSA) is 215 Å². The summed E-state index contributed by atoms with van der Waals surface area (Å²) in [6.45, 7) is 8.32. The van der Waals surface area contributed by atoms with E-state index in [1.165, 1.54) is 30.3 Å². The molecule has 1 saturated carbocycles. The summed E-state index contributed by atoms with van der Waals surface area (Å²) in [6.07, 6.45) is 12.8. The third kappa shape index (κ3) is 11.2. The van der Waals surface area contributed by atoms with Gasteiger partial charge in [0.2, 0.25) is 18.5 Å². The molecule has 8 rings (SSSR count). The number of benzene rings is 4. The van der Waals surface area contributed by atoms with Gasteiger partial charge in [0.1, 0.15) is 30.8 Å². The number of carbonyl (C=O) groups excluding carboxylic acids is 1. The Hall–Kier alpha value is -7.34. The molecule has 6 unspecified atom stereocenters.